The lowest BCUT2D eigenvalue weighted by Gasteiger charge is -2.26. The Morgan fingerprint density at radius 3 is 2.32 bits per heavy atom. The SMILES string of the molecule is CCN(CCNC(=NC)NC)C(=O)OC(C)(C)C.I. The van der Waals surface area contributed by atoms with Gasteiger partial charge in [0.2, 0.25) is 0 Å². The Bertz CT molecular complexity index is 290. The van der Waals surface area contributed by atoms with E-state index in [2.05, 4.69) is 15.6 Å². The number of likely N-dealkylation sites (N-methyl/N-ethyl adjacent to an activating group) is 1. The van der Waals surface area contributed by atoms with E-state index >= 15 is 0 Å². The molecular weight excluding hydrogens is 359 g/mol. The van der Waals surface area contributed by atoms with Crippen molar-refractivity contribution < 1.29 is 9.53 Å². The molecule has 2 N–H and O–H groups in total. The fourth-order valence-electron chi connectivity index (χ4n) is 1.29. The molecule has 0 spiro atoms. The molecule has 0 aromatic carbocycles. The molecule has 0 aliphatic heterocycles. The number of guanidine groups is 1. The van der Waals surface area contributed by atoms with Crippen LogP contribution in [0.25, 0.3) is 0 Å². The van der Waals surface area contributed by atoms with E-state index in [-0.39, 0.29) is 30.1 Å². The van der Waals surface area contributed by atoms with Crippen molar-refractivity contribution in [2.45, 2.75) is 33.3 Å². The molecule has 0 fully saturated rings. The van der Waals surface area contributed by atoms with Crippen LogP contribution < -0.4 is 10.6 Å². The average molecular weight is 386 g/mol. The van der Waals surface area contributed by atoms with Gasteiger partial charge in [0.05, 0.1) is 0 Å². The molecule has 0 aliphatic rings. The van der Waals surface area contributed by atoms with Crippen LogP contribution in [0.5, 0.6) is 0 Å². The highest BCUT2D eigenvalue weighted by Crippen LogP contribution is 2.09. The molecule has 0 saturated carbocycles. The lowest BCUT2D eigenvalue weighted by atomic mass is 10.2. The van der Waals surface area contributed by atoms with Gasteiger partial charge in [-0.3, -0.25) is 4.99 Å². The molecule has 6 nitrogen and oxygen atoms in total. The van der Waals surface area contributed by atoms with Crippen molar-refractivity contribution >= 4 is 36.0 Å². The number of nitrogens with zero attached hydrogens (tertiary/aromatic N) is 2. The molecule has 0 saturated heterocycles. The number of hydrogen-bond donors (Lipinski definition) is 2. The van der Waals surface area contributed by atoms with Crippen molar-refractivity contribution in [3.8, 4) is 0 Å². The second kappa shape index (κ2) is 10.1. The Labute approximate surface area is 133 Å². The Hall–Kier alpha value is -0.730. The summed E-state index contributed by atoms with van der Waals surface area (Å²) in [6.07, 6.45) is -0.286. The summed E-state index contributed by atoms with van der Waals surface area (Å²) in [7, 11) is 3.49. The van der Waals surface area contributed by atoms with Crippen LogP contribution in [0.2, 0.25) is 0 Å². The van der Waals surface area contributed by atoms with E-state index in [4.69, 9.17) is 4.74 Å². The molecule has 0 bridgehead atoms. The topological polar surface area (TPSA) is 66.0 Å². The second-order valence-electron chi connectivity index (χ2n) is 4.81. The van der Waals surface area contributed by atoms with Crippen LogP contribution in [0, 0.1) is 0 Å². The number of hydrogen-bond acceptors (Lipinski definition) is 3. The summed E-state index contributed by atoms with van der Waals surface area (Å²) in [5.74, 6) is 0.704. The van der Waals surface area contributed by atoms with Crippen molar-refractivity contribution in [3.63, 3.8) is 0 Å². The summed E-state index contributed by atoms with van der Waals surface area (Å²) in [6.45, 7) is 9.33. The highest BCUT2D eigenvalue weighted by atomic mass is 127. The number of ether oxygens (including phenoxy) is 1. The van der Waals surface area contributed by atoms with Gasteiger partial charge in [0.1, 0.15) is 5.60 Å². The van der Waals surface area contributed by atoms with Gasteiger partial charge in [0.15, 0.2) is 5.96 Å². The third-order valence-electron chi connectivity index (χ3n) is 2.17. The summed E-state index contributed by atoms with van der Waals surface area (Å²) in [5, 5.41) is 6.01. The van der Waals surface area contributed by atoms with Crippen LogP contribution in [-0.2, 0) is 4.74 Å². The van der Waals surface area contributed by atoms with Gasteiger partial charge in [-0.2, -0.15) is 0 Å². The first kappa shape index (κ1) is 20.6. The van der Waals surface area contributed by atoms with Gasteiger partial charge in [0.25, 0.3) is 0 Å². The van der Waals surface area contributed by atoms with E-state index in [1.165, 1.54) is 0 Å². The number of carbonyl (C=O) groups is 1. The summed E-state index contributed by atoms with van der Waals surface area (Å²) >= 11 is 0. The second-order valence-corrected chi connectivity index (χ2v) is 4.81. The van der Waals surface area contributed by atoms with Gasteiger partial charge in [0, 0.05) is 33.7 Å². The van der Waals surface area contributed by atoms with Crippen LogP contribution in [-0.4, -0.2) is 56.3 Å². The van der Waals surface area contributed by atoms with Gasteiger partial charge in [-0.05, 0) is 27.7 Å². The normalized spacial score (nSPS) is 11.4. The first-order valence-corrected chi connectivity index (χ1v) is 6.20. The summed E-state index contributed by atoms with van der Waals surface area (Å²) < 4.78 is 5.31. The molecular formula is C12H27IN4O2. The van der Waals surface area contributed by atoms with Gasteiger partial charge in [-0.15, -0.1) is 24.0 Å². The zero-order valence-electron chi connectivity index (χ0n) is 12.7. The maximum Gasteiger partial charge on any atom is 0.410 e. The number of rotatable bonds is 4. The molecule has 114 valence electrons. The Kier molecular flexibility index (Phi) is 10.9. The standard InChI is InChI=1S/C12H26N4O2.HI/c1-7-16(11(17)18-12(2,3)4)9-8-15-10(13-5)14-6;/h7-9H2,1-6H3,(H2,13,14,15);1H. The lowest BCUT2D eigenvalue weighted by molar-refractivity contribution is 0.0264. The Balaban J connectivity index is 0. The predicted octanol–water partition coefficient (Wildman–Crippen LogP) is 1.66. The molecule has 0 unspecified atom stereocenters. The molecule has 0 atom stereocenters. The number of nitrogens with one attached hydrogen (secondary N) is 2. The predicted molar refractivity (Wildman–Crippen MR) is 89.3 cm³/mol. The van der Waals surface area contributed by atoms with Crippen LogP contribution in [0.4, 0.5) is 4.79 Å². The summed E-state index contributed by atoms with van der Waals surface area (Å²) in [6, 6.07) is 0. The smallest absolute Gasteiger partial charge is 0.410 e. The van der Waals surface area contributed by atoms with Gasteiger partial charge < -0.3 is 20.3 Å². The van der Waals surface area contributed by atoms with Crippen LogP contribution in [0.3, 0.4) is 0 Å². The maximum absolute atomic E-state index is 11.8. The van der Waals surface area contributed by atoms with Crippen LogP contribution in [0.15, 0.2) is 4.99 Å². The zero-order valence-corrected chi connectivity index (χ0v) is 15.1. The third-order valence-corrected chi connectivity index (χ3v) is 2.17. The molecule has 0 aliphatic carbocycles. The Morgan fingerprint density at radius 2 is 1.95 bits per heavy atom. The number of carbonyl (C=O) groups excluding carboxylic acids is 1. The van der Waals surface area contributed by atoms with Crippen molar-refractivity contribution in [3.05, 3.63) is 0 Å². The Morgan fingerprint density at radius 1 is 1.37 bits per heavy atom. The fourth-order valence-corrected chi connectivity index (χ4v) is 1.29. The molecule has 0 aromatic rings. The highest BCUT2D eigenvalue weighted by molar-refractivity contribution is 14.0. The van der Waals surface area contributed by atoms with E-state index in [1.54, 1.807) is 19.0 Å². The molecule has 1 amide bonds. The van der Waals surface area contributed by atoms with E-state index in [1.807, 2.05) is 27.7 Å². The first-order valence-electron chi connectivity index (χ1n) is 6.20. The minimum absolute atomic E-state index is 0. The van der Waals surface area contributed by atoms with Crippen molar-refractivity contribution in [2.24, 2.45) is 4.99 Å². The minimum atomic E-state index is -0.459. The maximum atomic E-state index is 11.8. The summed E-state index contributed by atoms with van der Waals surface area (Å²) in [5.41, 5.74) is -0.459. The van der Waals surface area contributed by atoms with E-state index < -0.39 is 5.60 Å². The van der Waals surface area contributed by atoms with Crippen molar-refractivity contribution in [1.82, 2.24) is 15.5 Å². The van der Waals surface area contributed by atoms with Crippen molar-refractivity contribution in [2.75, 3.05) is 33.7 Å². The van der Waals surface area contributed by atoms with Gasteiger partial charge in [-0.25, -0.2) is 4.79 Å². The molecule has 7 heteroatoms. The molecule has 0 radical (unpaired) electrons. The van der Waals surface area contributed by atoms with E-state index in [0.29, 0.717) is 25.6 Å². The van der Waals surface area contributed by atoms with Crippen LogP contribution >= 0.6 is 24.0 Å². The number of halogens is 1. The molecule has 0 rings (SSSR count). The van der Waals surface area contributed by atoms with Crippen LogP contribution in [0.1, 0.15) is 27.7 Å². The van der Waals surface area contributed by atoms with E-state index in [9.17, 15) is 4.79 Å². The largest absolute Gasteiger partial charge is 0.444 e. The number of aliphatic imine (C=N–C) groups is 1. The quantitative estimate of drug-likeness (QED) is 0.438. The minimum Gasteiger partial charge on any atom is -0.444 e. The molecule has 0 heterocycles. The lowest BCUT2D eigenvalue weighted by Crippen LogP contribution is -2.43. The first-order chi connectivity index (χ1) is 8.34. The fraction of sp³-hybridized carbons (Fsp3) is 0.833. The average Bonchev–Trinajstić information content (AvgIpc) is 2.27. The zero-order chi connectivity index (χ0) is 14.2. The summed E-state index contributed by atoms with van der Waals surface area (Å²) in [4.78, 5) is 17.5. The van der Waals surface area contributed by atoms with Gasteiger partial charge >= 0.3 is 6.09 Å². The molecule has 0 aromatic heterocycles. The third kappa shape index (κ3) is 9.80. The molecule has 19 heavy (non-hydrogen) atoms. The monoisotopic (exact) mass is 386 g/mol. The van der Waals surface area contributed by atoms with Gasteiger partial charge in [-0.1, -0.05) is 0 Å². The van der Waals surface area contributed by atoms with Crippen molar-refractivity contribution in [1.29, 1.82) is 0 Å². The number of amides is 1. The van der Waals surface area contributed by atoms with E-state index in [0.717, 1.165) is 0 Å². The highest BCUT2D eigenvalue weighted by Gasteiger charge is 2.20.